The number of ether oxygens (including phenoxy) is 1. The first-order valence-electron chi connectivity index (χ1n) is 5.45. The highest BCUT2D eigenvalue weighted by atomic mass is 16.5. The van der Waals surface area contributed by atoms with E-state index in [4.69, 9.17) is 10.5 Å². The third-order valence-electron chi connectivity index (χ3n) is 3.39. The molecule has 0 amide bonds. The van der Waals surface area contributed by atoms with Gasteiger partial charge in [-0.15, -0.1) is 0 Å². The molecule has 0 radical (unpaired) electrons. The van der Waals surface area contributed by atoms with Gasteiger partial charge >= 0.3 is 5.97 Å². The van der Waals surface area contributed by atoms with Crippen LogP contribution in [0.25, 0.3) is 0 Å². The molecule has 1 aliphatic rings. The normalized spacial score (nSPS) is 38.0. The van der Waals surface area contributed by atoms with E-state index in [1.807, 2.05) is 6.92 Å². The van der Waals surface area contributed by atoms with E-state index < -0.39 is 5.54 Å². The first-order chi connectivity index (χ1) is 6.49. The third-order valence-corrected chi connectivity index (χ3v) is 3.39. The van der Waals surface area contributed by atoms with E-state index >= 15 is 0 Å². The fraction of sp³-hybridized carbons (Fsp3) is 0.909. The Hall–Kier alpha value is -0.570. The van der Waals surface area contributed by atoms with Crippen LogP contribution < -0.4 is 5.73 Å². The molecule has 3 nitrogen and oxygen atoms in total. The van der Waals surface area contributed by atoms with Gasteiger partial charge in [0.05, 0.1) is 6.61 Å². The molecular weight excluding hydrogens is 178 g/mol. The van der Waals surface area contributed by atoms with Gasteiger partial charge < -0.3 is 10.5 Å². The van der Waals surface area contributed by atoms with Crippen LogP contribution in [0.1, 0.15) is 40.0 Å². The van der Waals surface area contributed by atoms with Crippen molar-refractivity contribution in [2.24, 2.45) is 17.6 Å². The molecule has 3 heteroatoms. The van der Waals surface area contributed by atoms with Gasteiger partial charge in [-0.2, -0.15) is 0 Å². The highest BCUT2D eigenvalue weighted by molar-refractivity contribution is 5.80. The standard InChI is InChI=1S/C11H21NO2/c1-4-14-10(13)11(12)6-5-8(2)9(3)7-11/h8-9H,4-7,12H2,1-3H3. The van der Waals surface area contributed by atoms with Crippen molar-refractivity contribution in [3.8, 4) is 0 Å². The molecule has 0 aromatic rings. The van der Waals surface area contributed by atoms with Crippen molar-refractivity contribution in [3.05, 3.63) is 0 Å². The molecule has 14 heavy (non-hydrogen) atoms. The Balaban J connectivity index is 2.62. The van der Waals surface area contributed by atoms with Gasteiger partial charge in [0.1, 0.15) is 5.54 Å². The minimum Gasteiger partial charge on any atom is -0.465 e. The molecule has 82 valence electrons. The summed E-state index contributed by atoms with van der Waals surface area (Å²) >= 11 is 0. The van der Waals surface area contributed by atoms with Gasteiger partial charge in [-0.25, -0.2) is 0 Å². The molecule has 1 saturated carbocycles. The first-order valence-corrected chi connectivity index (χ1v) is 5.45. The van der Waals surface area contributed by atoms with Crippen molar-refractivity contribution in [2.45, 2.75) is 45.6 Å². The second-order valence-electron chi connectivity index (χ2n) is 4.57. The van der Waals surface area contributed by atoms with Gasteiger partial charge in [0.25, 0.3) is 0 Å². The summed E-state index contributed by atoms with van der Waals surface area (Å²) in [7, 11) is 0. The summed E-state index contributed by atoms with van der Waals surface area (Å²) in [6.07, 6.45) is 2.54. The summed E-state index contributed by atoms with van der Waals surface area (Å²) in [6, 6.07) is 0. The van der Waals surface area contributed by atoms with Crippen molar-refractivity contribution < 1.29 is 9.53 Å². The zero-order valence-corrected chi connectivity index (χ0v) is 9.38. The van der Waals surface area contributed by atoms with Crippen molar-refractivity contribution >= 4 is 5.97 Å². The number of hydrogen-bond acceptors (Lipinski definition) is 3. The Morgan fingerprint density at radius 2 is 2.14 bits per heavy atom. The van der Waals surface area contributed by atoms with Gasteiger partial charge in [0.15, 0.2) is 0 Å². The van der Waals surface area contributed by atoms with Gasteiger partial charge in [0, 0.05) is 0 Å². The molecule has 0 aromatic carbocycles. The van der Waals surface area contributed by atoms with Gasteiger partial charge in [-0.05, 0) is 38.0 Å². The fourth-order valence-electron chi connectivity index (χ4n) is 2.11. The second kappa shape index (κ2) is 4.30. The highest BCUT2D eigenvalue weighted by Crippen LogP contribution is 2.35. The molecule has 3 unspecified atom stereocenters. The molecule has 0 saturated heterocycles. The summed E-state index contributed by atoms with van der Waals surface area (Å²) in [5.41, 5.74) is 5.35. The molecule has 0 aliphatic heterocycles. The number of carbonyl (C=O) groups is 1. The van der Waals surface area contributed by atoms with E-state index in [1.165, 1.54) is 0 Å². The molecule has 2 N–H and O–H groups in total. The topological polar surface area (TPSA) is 52.3 Å². The van der Waals surface area contributed by atoms with Gasteiger partial charge in [-0.1, -0.05) is 13.8 Å². The average molecular weight is 199 g/mol. The zero-order valence-electron chi connectivity index (χ0n) is 9.38. The summed E-state index contributed by atoms with van der Waals surface area (Å²) in [4.78, 5) is 11.6. The van der Waals surface area contributed by atoms with Crippen LogP contribution >= 0.6 is 0 Å². The van der Waals surface area contributed by atoms with Crippen LogP contribution in [0.15, 0.2) is 0 Å². The quantitative estimate of drug-likeness (QED) is 0.689. The Morgan fingerprint density at radius 1 is 1.50 bits per heavy atom. The fourth-order valence-corrected chi connectivity index (χ4v) is 2.11. The number of esters is 1. The predicted molar refractivity (Wildman–Crippen MR) is 55.7 cm³/mol. The van der Waals surface area contributed by atoms with Crippen LogP contribution in [0.2, 0.25) is 0 Å². The van der Waals surface area contributed by atoms with Crippen LogP contribution in [0.5, 0.6) is 0 Å². The van der Waals surface area contributed by atoms with Crippen LogP contribution in [0.3, 0.4) is 0 Å². The maximum absolute atomic E-state index is 11.6. The van der Waals surface area contributed by atoms with Crippen molar-refractivity contribution in [1.29, 1.82) is 0 Å². The van der Waals surface area contributed by atoms with Crippen LogP contribution in [-0.4, -0.2) is 18.1 Å². The Kier molecular flexibility index (Phi) is 3.53. The summed E-state index contributed by atoms with van der Waals surface area (Å²) in [5.74, 6) is 0.956. The average Bonchev–Trinajstić information content (AvgIpc) is 2.13. The molecule has 0 aromatic heterocycles. The number of nitrogens with two attached hydrogens (primary N) is 1. The van der Waals surface area contributed by atoms with Crippen molar-refractivity contribution in [2.75, 3.05) is 6.61 Å². The summed E-state index contributed by atoms with van der Waals surface area (Å²) in [6.45, 7) is 6.61. The third kappa shape index (κ3) is 2.27. The predicted octanol–water partition coefficient (Wildman–Crippen LogP) is 1.70. The second-order valence-corrected chi connectivity index (χ2v) is 4.57. The molecular formula is C11H21NO2. The molecule has 0 bridgehead atoms. The number of hydrogen-bond donors (Lipinski definition) is 1. The van der Waals surface area contributed by atoms with Crippen molar-refractivity contribution in [1.82, 2.24) is 0 Å². The highest BCUT2D eigenvalue weighted by Gasteiger charge is 2.41. The molecule has 3 atom stereocenters. The summed E-state index contributed by atoms with van der Waals surface area (Å²) in [5, 5.41) is 0. The minimum atomic E-state index is -0.720. The molecule has 1 fully saturated rings. The minimum absolute atomic E-state index is 0.223. The van der Waals surface area contributed by atoms with Gasteiger partial charge in [0.2, 0.25) is 0 Å². The number of rotatable bonds is 2. The first kappa shape index (κ1) is 11.5. The smallest absolute Gasteiger partial charge is 0.326 e. The molecule has 1 rings (SSSR count). The monoisotopic (exact) mass is 199 g/mol. The maximum atomic E-state index is 11.6. The van der Waals surface area contributed by atoms with E-state index in [9.17, 15) is 4.79 Å². The van der Waals surface area contributed by atoms with Gasteiger partial charge in [-0.3, -0.25) is 4.79 Å². The Labute approximate surface area is 86.0 Å². The van der Waals surface area contributed by atoms with Crippen LogP contribution in [0.4, 0.5) is 0 Å². The van der Waals surface area contributed by atoms with E-state index in [1.54, 1.807) is 0 Å². The lowest BCUT2D eigenvalue weighted by molar-refractivity contribution is -0.152. The largest absolute Gasteiger partial charge is 0.465 e. The summed E-state index contributed by atoms with van der Waals surface area (Å²) < 4.78 is 5.00. The van der Waals surface area contributed by atoms with E-state index in [0.29, 0.717) is 18.4 Å². The van der Waals surface area contributed by atoms with E-state index in [-0.39, 0.29) is 5.97 Å². The molecule has 1 aliphatic carbocycles. The molecule has 0 spiro atoms. The SMILES string of the molecule is CCOC(=O)C1(N)CCC(C)C(C)C1. The van der Waals surface area contributed by atoms with E-state index in [0.717, 1.165) is 19.3 Å². The number of carbonyl (C=O) groups excluding carboxylic acids is 1. The lowest BCUT2D eigenvalue weighted by Gasteiger charge is -2.37. The Morgan fingerprint density at radius 3 is 2.64 bits per heavy atom. The maximum Gasteiger partial charge on any atom is 0.326 e. The Bertz CT molecular complexity index is 217. The lowest BCUT2D eigenvalue weighted by Crippen LogP contribution is -2.53. The van der Waals surface area contributed by atoms with Crippen LogP contribution in [0, 0.1) is 11.8 Å². The molecule has 0 heterocycles. The van der Waals surface area contributed by atoms with Crippen molar-refractivity contribution in [3.63, 3.8) is 0 Å². The van der Waals surface area contributed by atoms with Crippen LogP contribution in [-0.2, 0) is 9.53 Å². The zero-order chi connectivity index (χ0) is 10.8. The van der Waals surface area contributed by atoms with E-state index in [2.05, 4.69) is 13.8 Å². The lowest BCUT2D eigenvalue weighted by atomic mass is 9.72.